The molecular weight excluding hydrogens is 448 g/mol. The van der Waals surface area contributed by atoms with Gasteiger partial charge in [0.05, 0.1) is 24.9 Å². The minimum Gasteiger partial charge on any atom is -0.377 e. The van der Waals surface area contributed by atoms with Crippen LogP contribution in [0.2, 0.25) is 0 Å². The first-order valence-corrected chi connectivity index (χ1v) is 12.3. The third kappa shape index (κ3) is 5.37. The highest BCUT2D eigenvalue weighted by atomic mass is 32.2. The summed E-state index contributed by atoms with van der Waals surface area (Å²) in [5.74, 6) is 1.41. The van der Waals surface area contributed by atoms with Crippen molar-refractivity contribution in [1.82, 2.24) is 29.9 Å². The van der Waals surface area contributed by atoms with Crippen molar-refractivity contribution in [2.75, 3.05) is 12.4 Å². The lowest BCUT2D eigenvalue weighted by atomic mass is 10.2. The molecule has 1 amide bonds. The molecule has 4 aromatic rings. The standard InChI is InChI=1S/C25H26N6O2S/c32-24(20-9-11-21(12-10-20)31-14-5-13-27-31)26-16-23-28-29-25(34-18-22-8-4-15-33-22)30(23)17-19-6-2-1-3-7-19/h1-3,5-7,9-14,22H,4,8,15-18H2,(H,26,32). The van der Waals surface area contributed by atoms with Gasteiger partial charge in [0.1, 0.15) is 0 Å². The number of rotatable bonds is 9. The van der Waals surface area contributed by atoms with Gasteiger partial charge in [-0.25, -0.2) is 4.68 Å². The molecule has 2 aromatic heterocycles. The largest absolute Gasteiger partial charge is 0.377 e. The van der Waals surface area contributed by atoms with Crippen LogP contribution in [0.15, 0.2) is 78.2 Å². The third-order valence-electron chi connectivity index (χ3n) is 5.70. The van der Waals surface area contributed by atoms with Crippen LogP contribution in [-0.4, -0.2) is 48.9 Å². The predicted molar refractivity (Wildman–Crippen MR) is 130 cm³/mol. The smallest absolute Gasteiger partial charge is 0.251 e. The number of nitrogens with one attached hydrogen (secondary N) is 1. The normalized spacial score (nSPS) is 15.5. The zero-order chi connectivity index (χ0) is 23.2. The van der Waals surface area contributed by atoms with E-state index >= 15 is 0 Å². The van der Waals surface area contributed by atoms with Crippen molar-refractivity contribution < 1.29 is 9.53 Å². The topological polar surface area (TPSA) is 86.9 Å². The number of benzene rings is 2. The van der Waals surface area contributed by atoms with Gasteiger partial charge in [0.2, 0.25) is 0 Å². The average molecular weight is 475 g/mol. The molecule has 0 radical (unpaired) electrons. The van der Waals surface area contributed by atoms with Gasteiger partial charge in [-0.15, -0.1) is 10.2 Å². The van der Waals surface area contributed by atoms with Crippen LogP contribution >= 0.6 is 11.8 Å². The number of hydrogen-bond donors (Lipinski definition) is 1. The Morgan fingerprint density at radius 1 is 1.09 bits per heavy atom. The van der Waals surface area contributed by atoms with Crippen LogP contribution in [0.4, 0.5) is 0 Å². The van der Waals surface area contributed by atoms with Gasteiger partial charge >= 0.3 is 0 Å². The van der Waals surface area contributed by atoms with Gasteiger partial charge in [-0.3, -0.25) is 4.79 Å². The lowest BCUT2D eigenvalue weighted by Crippen LogP contribution is -2.25. The lowest BCUT2D eigenvalue weighted by Gasteiger charge is -2.13. The summed E-state index contributed by atoms with van der Waals surface area (Å²) in [4.78, 5) is 12.8. The zero-order valence-corrected chi connectivity index (χ0v) is 19.5. The monoisotopic (exact) mass is 474 g/mol. The molecule has 34 heavy (non-hydrogen) atoms. The van der Waals surface area contributed by atoms with Crippen LogP contribution in [0, 0.1) is 0 Å². The Bertz CT molecular complexity index is 1200. The Hall–Kier alpha value is -3.43. The van der Waals surface area contributed by atoms with Gasteiger partial charge in [0.25, 0.3) is 5.91 Å². The molecule has 0 saturated carbocycles. The van der Waals surface area contributed by atoms with E-state index in [1.807, 2.05) is 42.6 Å². The number of ether oxygens (including phenoxy) is 1. The second-order valence-electron chi connectivity index (χ2n) is 8.10. The fourth-order valence-electron chi connectivity index (χ4n) is 3.87. The van der Waals surface area contributed by atoms with Crippen LogP contribution in [0.1, 0.15) is 34.6 Å². The minimum atomic E-state index is -0.158. The molecule has 0 spiro atoms. The second kappa shape index (κ2) is 10.7. The molecular formula is C25H26N6O2S. The molecule has 1 fully saturated rings. The molecule has 1 atom stereocenters. The number of carbonyl (C=O) groups is 1. The highest BCUT2D eigenvalue weighted by molar-refractivity contribution is 7.99. The molecule has 2 aromatic carbocycles. The summed E-state index contributed by atoms with van der Waals surface area (Å²) in [6.45, 7) is 1.77. The predicted octanol–water partition coefficient (Wildman–Crippen LogP) is 3.71. The van der Waals surface area contributed by atoms with E-state index in [9.17, 15) is 4.79 Å². The maximum Gasteiger partial charge on any atom is 0.251 e. The SMILES string of the molecule is O=C(NCc1nnc(SCC2CCCO2)n1Cc1ccccc1)c1ccc(-n2cccn2)cc1. The first kappa shape index (κ1) is 22.4. The fraction of sp³-hybridized carbons (Fsp3) is 0.280. The molecule has 3 heterocycles. The molecule has 8 nitrogen and oxygen atoms in total. The Balaban J connectivity index is 1.27. The Labute approximate surface area is 202 Å². The summed E-state index contributed by atoms with van der Waals surface area (Å²) in [5.41, 5.74) is 2.64. The van der Waals surface area contributed by atoms with Crippen LogP contribution in [-0.2, 0) is 17.8 Å². The van der Waals surface area contributed by atoms with Crippen molar-refractivity contribution >= 4 is 17.7 Å². The van der Waals surface area contributed by atoms with E-state index < -0.39 is 0 Å². The molecule has 1 saturated heterocycles. The van der Waals surface area contributed by atoms with Crippen molar-refractivity contribution in [3.63, 3.8) is 0 Å². The summed E-state index contributed by atoms with van der Waals surface area (Å²) >= 11 is 1.66. The van der Waals surface area contributed by atoms with Gasteiger partial charge < -0.3 is 14.6 Å². The number of carbonyl (C=O) groups excluding carboxylic acids is 1. The molecule has 1 aliphatic heterocycles. The fourth-order valence-corrected chi connectivity index (χ4v) is 4.90. The van der Waals surface area contributed by atoms with Gasteiger partial charge in [0.15, 0.2) is 11.0 Å². The van der Waals surface area contributed by atoms with Crippen molar-refractivity contribution in [3.8, 4) is 5.69 Å². The maximum atomic E-state index is 12.8. The Morgan fingerprint density at radius 3 is 2.68 bits per heavy atom. The lowest BCUT2D eigenvalue weighted by molar-refractivity contribution is 0.0949. The molecule has 5 rings (SSSR count). The Morgan fingerprint density at radius 2 is 1.94 bits per heavy atom. The highest BCUT2D eigenvalue weighted by Crippen LogP contribution is 2.24. The van der Waals surface area contributed by atoms with Crippen molar-refractivity contribution in [2.45, 2.75) is 37.2 Å². The van der Waals surface area contributed by atoms with E-state index in [2.05, 4.69) is 37.3 Å². The number of amides is 1. The molecule has 174 valence electrons. The van der Waals surface area contributed by atoms with Gasteiger partial charge in [-0.05, 0) is 48.7 Å². The number of aromatic nitrogens is 5. The third-order valence-corrected chi connectivity index (χ3v) is 6.80. The summed E-state index contributed by atoms with van der Waals surface area (Å²) < 4.78 is 9.59. The van der Waals surface area contributed by atoms with Crippen LogP contribution < -0.4 is 5.32 Å². The van der Waals surface area contributed by atoms with Gasteiger partial charge in [0, 0.05) is 30.3 Å². The summed E-state index contributed by atoms with van der Waals surface area (Å²) in [6.07, 6.45) is 6.05. The van der Waals surface area contributed by atoms with Crippen LogP contribution in [0.5, 0.6) is 0 Å². The van der Waals surface area contributed by atoms with Gasteiger partial charge in [-0.1, -0.05) is 42.1 Å². The van der Waals surface area contributed by atoms with Crippen LogP contribution in [0.25, 0.3) is 5.69 Å². The van der Waals surface area contributed by atoms with Gasteiger partial charge in [-0.2, -0.15) is 5.10 Å². The van der Waals surface area contributed by atoms with E-state index in [0.29, 0.717) is 18.7 Å². The summed E-state index contributed by atoms with van der Waals surface area (Å²) in [5, 5.41) is 16.9. The van der Waals surface area contributed by atoms with Crippen molar-refractivity contribution in [3.05, 3.63) is 90.0 Å². The summed E-state index contributed by atoms with van der Waals surface area (Å²) in [6, 6.07) is 19.4. The average Bonchev–Trinajstić information content (AvgIpc) is 3.65. The zero-order valence-electron chi connectivity index (χ0n) is 18.7. The molecule has 0 bridgehead atoms. The van der Waals surface area contributed by atoms with E-state index in [1.54, 1.807) is 34.8 Å². The van der Waals surface area contributed by atoms with Crippen LogP contribution in [0.3, 0.4) is 0 Å². The Kier molecular flexibility index (Phi) is 7.02. The molecule has 0 aliphatic carbocycles. The number of thioether (sulfide) groups is 1. The molecule has 9 heteroatoms. The quantitative estimate of drug-likeness (QED) is 0.372. The summed E-state index contributed by atoms with van der Waals surface area (Å²) in [7, 11) is 0. The minimum absolute atomic E-state index is 0.158. The van der Waals surface area contributed by atoms with E-state index in [1.165, 1.54) is 0 Å². The first-order valence-electron chi connectivity index (χ1n) is 11.3. The van der Waals surface area contributed by atoms with Crippen molar-refractivity contribution in [2.24, 2.45) is 0 Å². The second-order valence-corrected chi connectivity index (χ2v) is 9.08. The first-order chi connectivity index (χ1) is 16.8. The van der Waals surface area contributed by atoms with E-state index in [-0.39, 0.29) is 12.0 Å². The highest BCUT2D eigenvalue weighted by Gasteiger charge is 2.19. The molecule has 1 N–H and O–H groups in total. The van der Waals surface area contributed by atoms with E-state index in [4.69, 9.17) is 4.74 Å². The molecule has 1 aliphatic rings. The maximum absolute atomic E-state index is 12.8. The number of hydrogen-bond acceptors (Lipinski definition) is 6. The number of nitrogens with zero attached hydrogens (tertiary/aromatic N) is 5. The van der Waals surface area contributed by atoms with Crippen molar-refractivity contribution in [1.29, 1.82) is 0 Å². The van der Waals surface area contributed by atoms with E-state index in [0.717, 1.165) is 47.4 Å². The molecule has 1 unspecified atom stereocenters.